The highest BCUT2D eigenvalue weighted by molar-refractivity contribution is 7.74. The molecular weight excluding hydrogens is 192 g/mol. The topological polar surface area (TPSA) is 66.4 Å². The zero-order valence-corrected chi connectivity index (χ0v) is 7.45. The van der Waals surface area contributed by atoms with Gasteiger partial charge in [-0.25, -0.2) is 4.21 Å². The second-order valence-electron chi connectivity index (χ2n) is 2.28. The highest BCUT2D eigenvalue weighted by atomic mass is 32.2. The first-order valence-electron chi connectivity index (χ1n) is 3.49. The number of hydrogen-bond donors (Lipinski definition) is 0. The van der Waals surface area contributed by atoms with Crippen LogP contribution in [0.2, 0.25) is 0 Å². The van der Waals surface area contributed by atoms with Crippen molar-refractivity contribution in [2.75, 3.05) is 0 Å². The fourth-order valence-electron chi connectivity index (χ4n) is 0.892. The summed E-state index contributed by atoms with van der Waals surface area (Å²) >= 11 is -2.54. The van der Waals surface area contributed by atoms with Crippen LogP contribution in [0, 0.1) is 0 Å². The molecule has 1 aromatic rings. The summed E-state index contributed by atoms with van der Waals surface area (Å²) < 4.78 is 24.5. The first-order chi connectivity index (χ1) is 6.24. The van der Waals surface area contributed by atoms with Gasteiger partial charge in [-0.05, 0) is 5.56 Å². The van der Waals surface area contributed by atoms with E-state index in [2.05, 4.69) is 4.18 Å². The van der Waals surface area contributed by atoms with Crippen molar-refractivity contribution in [2.24, 2.45) is 0 Å². The van der Waals surface area contributed by atoms with E-state index in [-0.39, 0.29) is 6.61 Å². The lowest BCUT2D eigenvalue weighted by Gasteiger charge is -2.06. The summed E-state index contributed by atoms with van der Waals surface area (Å²) in [5.41, 5.74) is 0.995. The SMILES string of the molecule is O=Cc1ccccc1COS(=O)[O-]. The Labute approximate surface area is 78.0 Å². The van der Waals surface area contributed by atoms with E-state index in [1.807, 2.05) is 0 Å². The number of carbonyl (C=O) groups excluding carboxylic acids is 1. The molecule has 0 aromatic heterocycles. The number of carbonyl (C=O) groups is 1. The molecule has 0 aliphatic carbocycles. The predicted octanol–water partition coefficient (Wildman–Crippen LogP) is 0.810. The quantitative estimate of drug-likeness (QED) is 0.531. The van der Waals surface area contributed by atoms with Crippen LogP contribution in [-0.4, -0.2) is 15.0 Å². The Morgan fingerprint density at radius 1 is 1.46 bits per heavy atom. The van der Waals surface area contributed by atoms with Gasteiger partial charge in [-0.1, -0.05) is 24.3 Å². The highest BCUT2D eigenvalue weighted by Crippen LogP contribution is 2.07. The summed E-state index contributed by atoms with van der Waals surface area (Å²) in [4.78, 5) is 10.5. The van der Waals surface area contributed by atoms with Crippen LogP contribution in [-0.2, 0) is 22.2 Å². The fraction of sp³-hybridized carbons (Fsp3) is 0.125. The second kappa shape index (κ2) is 4.86. The van der Waals surface area contributed by atoms with Gasteiger partial charge < -0.3 is 4.55 Å². The lowest BCUT2D eigenvalue weighted by molar-refractivity contribution is 0.112. The van der Waals surface area contributed by atoms with Crippen molar-refractivity contribution in [1.82, 2.24) is 0 Å². The lowest BCUT2D eigenvalue weighted by Crippen LogP contribution is -1.99. The first kappa shape index (κ1) is 10.0. The van der Waals surface area contributed by atoms with E-state index in [4.69, 9.17) is 0 Å². The van der Waals surface area contributed by atoms with Crippen LogP contribution in [0.4, 0.5) is 0 Å². The van der Waals surface area contributed by atoms with E-state index in [1.54, 1.807) is 24.3 Å². The molecule has 0 aliphatic heterocycles. The summed E-state index contributed by atoms with van der Waals surface area (Å²) in [6.45, 7) is -0.106. The summed E-state index contributed by atoms with van der Waals surface area (Å²) in [7, 11) is 0. The van der Waals surface area contributed by atoms with Gasteiger partial charge in [-0.15, -0.1) is 0 Å². The molecule has 0 aliphatic rings. The van der Waals surface area contributed by atoms with Crippen molar-refractivity contribution in [3.05, 3.63) is 35.4 Å². The molecule has 4 nitrogen and oxygen atoms in total. The Balaban J connectivity index is 2.75. The van der Waals surface area contributed by atoms with E-state index in [1.165, 1.54) is 0 Å². The fourth-order valence-corrected chi connectivity index (χ4v) is 1.12. The molecule has 0 amide bonds. The number of hydrogen-bond acceptors (Lipinski definition) is 4. The van der Waals surface area contributed by atoms with Crippen LogP contribution >= 0.6 is 0 Å². The van der Waals surface area contributed by atoms with Gasteiger partial charge in [-0.2, -0.15) is 0 Å². The molecule has 0 bridgehead atoms. The van der Waals surface area contributed by atoms with Gasteiger partial charge in [0.1, 0.15) is 6.29 Å². The van der Waals surface area contributed by atoms with Crippen LogP contribution in [0.15, 0.2) is 24.3 Å². The van der Waals surface area contributed by atoms with Crippen molar-refractivity contribution in [1.29, 1.82) is 0 Å². The van der Waals surface area contributed by atoms with E-state index in [9.17, 15) is 13.6 Å². The minimum absolute atomic E-state index is 0.106. The van der Waals surface area contributed by atoms with Gasteiger partial charge >= 0.3 is 0 Å². The van der Waals surface area contributed by atoms with E-state index in [0.29, 0.717) is 17.4 Å². The summed E-state index contributed by atoms with van der Waals surface area (Å²) in [6, 6.07) is 6.64. The molecule has 0 N–H and O–H groups in total. The highest BCUT2D eigenvalue weighted by Gasteiger charge is 1.99. The van der Waals surface area contributed by atoms with Gasteiger partial charge in [0.15, 0.2) is 0 Å². The molecule has 1 aromatic carbocycles. The van der Waals surface area contributed by atoms with Crippen LogP contribution in [0.25, 0.3) is 0 Å². The van der Waals surface area contributed by atoms with Gasteiger partial charge in [0.25, 0.3) is 0 Å². The van der Waals surface area contributed by atoms with Crippen molar-refractivity contribution < 1.29 is 17.7 Å². The third kappa shape index (κ3) is 3.06. The standard InChI is InChI=1S/C8H8O4S/c9-5-7-3-1-2-4-8(7)6-12-13(10)11/h1-5H,6H2,(H,10,11)/p-1. The third-order valence-electron chi connectivity index (χ3n) is 1.49. The summed E-state index contributed by atoms with van der Waals surface area (Å²) in [5, 5.41) is 0. The van der Waals surface area contributed by atoms with Crippen LogP contribution in [0.5, 0.6) is 0 Å². The van der Waals surface area contributed by atoms with Gasteiger partial charge in [0.05, 0.1) is 18.0 Å². The van der Waals surface area contributed by atoms with Crippen molar-refractivity contribution in [3.8, 4) is 0 Å². The van der Waals surface area contributed by atoms with Gasteiger partial charge in [0, 0.05) is 5.56 Å². The molecular formula is C8H7O4S-. The molecule has 1 rings (SSSR count). The Morgan fingerprint density at radius 3 is 2.77 bits per heavy atom. The summed E-state index contributed by atoms with van der Waals surface area (Å²) in [5.74, 6) is 0. The first-order valence-corrected chi connectivity index (χ1v) is 4.49. The molecule has 1 unspecified atom stereocenters. The van der Waals surface area contributed by atoms with Crippen LogP contribution in [0.3, 0.4) is 0 Å². The van der Waals surface area contributed by atoms with Crippen molar-refractivity contribution >= 4 is 17.6 Å². The Hall–Kier alpha value is -1.04. The van der Waals surface area contributed by atoms with Gasteiger partial charge in [-0.3, -0.25) is 8.98 Å². The normalized spacial score (nSPS) is 12.4. The smallest absolute Gasteiger partial charge is 0.150 e. The van der Waals surface area contributed by atoms with E-state index < -0.39 is 11.4 Å². The lowest BCUT2D eigenvalue weighted by atomic mass is 10.1. The molecule has 0 spiro atoms. The average Bonchev–Trinajstić information content (AvgIpc) is 2.15. The molecule has 70 valence electrons. The minimum Gasteiger partial charge on any atom is -0.750 e. The van der Waals surface area contributed by atoms with E-state index in [0.717, 1.165) is 0 Å². The number of benzene rings is 1. The maximum Gasteiger partial charge on any atom is 0.150 e. The van der Waals surface area contributed by atoms with Gasteiger partial charge in [0.2, 0.25) is 0 Å². The van der Waals surface area contributed by atoms with Crippen LogP contribution < -0.4 is 0 Å². The predicted molar refractivity (Wildman–Crippen MR) is 45.5 cm³/mol. The van der Waals surface area contributed by atoms with Crippen molar-refractivity contribution in [2.45, 2.75) is 6.61 Å². The zero-order valence-electron chi connectivity index (χ0n) is 6.64. The molecule has 5 heteroatoms. The largest absolute Gasteiger partial charge is 0.750 e. The molecule has 0 radical (unpaired) electrons. The molecule has 13 heavy (non-hydrogen) atoms. The molecule has 0 saturated heterocycles. The second-order valence-corrected chi connectivity index (χ2v) is 2.93. The third-order valence-corrected chi connectivity index (χ3v) is 1.80. The Bertz CT molecular complexity index is 324. The Morgan fingerprint density at radius 2 is 2.15 bits per heavy atom. The van der Waals surface area contributed by atoms with Crippen LogP contribution in [0.1, 0.15) is 15.9 Å². The molecule has 1 atom stereocenters. The van der Waals surface area contributed by atoms with Crippen molar-refractivity contribution in [3.63, 3.8) is 0 Å². The van der Waals surface area contributed by atoms with E-state index >= 15 is 0 Å². The minimum atomic E-state index is -2.54. The average molecular weight is 199 g/mol. The maximum absolute atomic E-state index is 10.5. The zero-order chi connectivity index (χ0) is 9.68. The number of aldehydes is 1. The summed E-state index contributed by atoms with van der Waals surface area (Å²) in [6.07, 6.45) is 0.659. The molecule has 0 fully saturated rings. The Kier molecular flexibility index (Phi) is 3.75. The maximum atomic E-state index is 10.5. The molecule has 0 saturated carbocycles. The number of rotatable bonds is 4. The monoisotopic (exact) mass is 199 g/mol. The molecule has 0 heterocycles.